The van der Waals surface area contributed by atoms with Gasteiger partial charge in [-0.2, -0.15) is 0 Å². The third-order valence-corrected chi connectivity index (χ3v) is 3.52. The lowest BCUT2D eigenvalue weighted by Gasteiger charge is -2.41. The van der Waals surface area contributed by atoms with E-state index in [-0.39, 0.29) is 11.4 Å². The van der Waals surface area contributed by atoms with Crippen LogP contribution in [0.5, 0.6) is 5.75 Å². The lowest BCUT2D eigenvalue weighted by atomic mass is 9.99. The van der Waals surface area contributed by atoms with Gasteiger partial charge in [-0.25, -0.2) is 4.79 Å². The molecule has 1 heterocycles. The summed E-state index contributed by atoms with van der Waals surface area (Å²) in [5, 5.41) is 48.7. The summed E-state index contributed by atoms with van der Waals surface area (Å²) in [5.41, 5.74) is -0.163. The van der Waals surface area contributed by atoms with Crippen LogP contribution in [-0.4, -0.2) is 75.2 Å². The fourth-order valence-electron chi connectivity index (χ4n) is 2.30. The summed E-state index contributed by atoms with van der Waals surface area (Å²) >= 11 is 0. The second-order valence-corrected chi connectivity index (χ2v) is 5.24. The van der Waals surface area contributed by atoms with Crippen molar-refractivity contribution in [1.29, 1.82) is 0 Å². The molecular weight excluding hydrogens is 342 g/mol. The van der Waals surface area contributed by atoms with Crippen molar-refractivity contribution in [2.24, 2.45) is 0 Å². The highest BCUT2D eigenvalue weighted by atomic mass is 16.7. The Kier molecular flexibility index (Phi) is 6.22. The van der Waals surface area contributed by atoms with Gasteiger partial charge in [0.05, 0.1) is 11.5 Å². The van der Waals surface area contributed by atoms with Crippen molar-refractivity contribution in [3.63, 3.8) is 0 Å². The topological polar surface area (TPSA) is 169 Å². The van der Waals surface area contributed by atoms with Gasteiger partial charge < -0.3 is 34.6 Å². The molecule has 11 nitrogen and oxygen atoms in total. The van der Waals surface area contributed by atoms with Crippen molar-refractivity contribution in [2.75, 3.05) is 13.2 Å². The highest BCUT2D eigenvalue weighted by molar-refractivity contribution is 5.68. The molecule has 11 heteroatoms. The molecule has 1 aromatic carbocycles. The van der Waals surface area contributed by atoms with E-state index >= 15 is 0 Å². The minimum Gasteiger partial charge on any atom is -0.480 e. The van der Waals surface area contributed by atoms with Crippen molar-refractivity contribution >= 4 is 11.7 Å². The van der Waals surface area contributed by atoms with Crippen LogP contribution in [0.3, 0.4) is 0 Å². The van der Waals surface area contributed by atoms with Crippen molar-refractivity contribution in [1.82, 2.24) is 0 Å². The molecule has 0 amide bonds. The summed E-state index contributed by atoms with van der Waals surface area (Å²) in [7, 11) is 0. The SMILES string of the molecule is O=C(O)CO[C@H]1[C@@H](O)[C@@H](CO)O[C@H](Oc2ccc([N+](=O)[O-])cc2)[C@@H]1O. The Balaban J connectivity index is 2.12. The molecule has 2 rings (SSSR count). The normalized spacial score (nSPS) is 29.2. The zero-order valence-electron chi connectivity index (χ0n) is 12.8. The molecule has 1 aliphatic heterocycles. The average Bonchev–Trinajstić information content (AvgIpc) is 2.57. The molecule has 1 fully saturated rings. The van der Waals surface area contributed by atoms with Gasteiger partial charge in [0.15, 0.2) is 0 Å². The fraction of sp³-hybridized carbons (Fsp3) is 0.500. The maximum atomic E-state index is 10.6. The first kappa shape index (κ1) is 19.0. The predicted molar refractivity (Wildman–Crippen MR) is 78.9 cm³/mol. The van der Waals surface area contributed by atoms with E-state index in [1.54, 1.807) is 0 Å². The fourth-order valence-corrected chi connectivity index (χ4v) is 2.30. The van der Waals surface area contributed by atoms with Gasteiger partial charge in [-0.05, 0) is 12.1 Å². The largest absolute Gasteiger partial charge is 0.480 e. The molecular formula is C14H17NO10. The van der Waals surface area contributed by atoms with Crippen LogP contribution in [0.4, 0.5) is 5.69 Å². The second kappa shape index (κ2) is 8.18. The highest BCUT2D eigenvalue weighted by Crippen LogP contribution is 2.27. The van der Waals surface area contributed by atoms with Crippen molar-refractivity contribution in [2.45, 2.75) is 30.7 Å². The van der Waals surface area contributed by atoms with Crippen LogP contribution in [0.25, 0.3) is 0 Å². The van der Waals surface area contributed by atoms with Crippen LogP contribution < -0.4 is 4.74 Å². The van der Waals surface area contributed by atoms with Gasteiger partial charge in [0.25, 0.3) is 5.69 Å². The van der Waals surface area contributed by atoms with Gasteiger partial charge in [-0.15, -0.1) is 0 Å². The number of nitrogens with zero attached hydrogens (tertiary/aromatic N) is 1. The van der Waals surface area contributed by atoms with E-state index < -0.39 is 54.8 Å². The van der Waals surface area contributed by atoms with Crippen LogP contribution in [0.1, 0.15) is 0 Å². The van der Waals surface area contributed by atoms with Gasteiger partial charge in [-0.1, -0.05) is 0 Å². The molecule has 0 saturated carbocycles. The Morgan fingerprint density at radius 3 is 2.40 bits per heavy atom. The maximum absolute atomic E-state index is 10.6. The zero-order chi connectivity index (χ0) is 18.6. The van der Waals surface area contributed by atoms with Gasteiger partial charge in [-0.3, -0.25) is 10.1 Å². The minimum absolute atomic E-state index is 0.125. The molecule has 0 bridgehead atoms. The van der Waals surface area contributed by atoms with Crippen LogP contribution in [-0.2, 0) is 14.3 Å². The predicted octanol–water partition coefficient (Wildman–Crippen LogP) is -1.12. The summed E-state index contributed by atoms with van der Waals surface area (Å²) in [4.78, 5) is 20.6. The van der Waals surface area contributed by atoms with Crippen LogP contribution in [0.2, 0.25) is 0 Å². The molecule has 0 aliphatic carbocycles. The monoisotopic (exact) mass is 359 g/mol. The van der Waals surface area contributed by atoms with Gasteiger partial charge in [0.1, 0.15) is 36.8 Å². The number of nitro benzene ring substituents is 1. The van der Waals surface area contributed by atoms with Gasteiger partial charge in [0.2, 0.25) is 6.29 Å². The Morgan fingerprint density at radius 2 is 1.88 bits per heavy atom. The molecule has 0 unspecified atom stereocenters. The van der Waals surface area contributed by atoms with Crippen LogP contribution in [0, 0.1) is 10.1 Å². The number of carbonyl (C=O) groups is 1. The van der Waals surface area contributed by atoms with E-state index in [9.17, 15) is 30.2 Å². The summed E-state index contributed by atoms with van der Waals surface area (Å²) in [6, 6.07) is 4.92. The molecule has 1 saturated heterocycles. The number of aliphatic hydroxyl groups is 3. The Morgan fingerprint density at radius 1 is 1.24 bits per heavy atom. The summed E-state index contributed by atoms with van der Waals surface area (Å²) in [6.45, 7) is -1.40. The zero-order valence-corrected chi connectivity index (χ0v) is 12.8. The first-order valence-electron chi connectivity index (χ1n) is 7.20. The lowest BCUT2D eigenvalue weighted by molar-refractivity contribution is -0.384. The number of carboxylic acid groups (broad SMARTS) is 1. The standard InChI is InChI=1S/C14H17NO10/c16-5-9-11(19)13(23-6-10(17)18)12(20)14(25-9)24-8-3-1-7(2-4-8)15(21)22/h1-4,9,11-14,16,19-20H,5-6H2,(H,17,18)/t9-,11+,12-,13+,14+/m1/s1. The first-order chi connectivity index (χ1) is 11.8. The van der Waals surface area contributed by atoms with Crippen molar-refractivity contribution < 1.29 is 44.4 Å². The number of carboxylic acids is 1. The van der Waals surface area contributed by atoms with E-state index in [1.807, 2.05) is 0 Å². The third kappa shape index (κ3) is 4.61. The average molecular weight is 359 g/mol. The maximum Gasteiger partial charge on any atom is 0.329 e. The summed E-state index contributed by atoms with van der Waals surface area (Å²) in [5.74, 6) is -1.18. The minimum atomic E-state index is -1.56. The molecule has 1 aromatic rings. The Hall–Kier alpha value is -2.31. The molecule has 0 aromatic heterocycles. The molecule has 5 atom stereocenters. The number of hydrogen-bond acceptors (Lipinski definition) is 9. The number of nitro groups is 1. The Bertz CT molecular complexity index is 606. The molecule has 25 heavy (non-hydrogen) atoms. The number of non-ortho nitro benzene ring substituents is 1. The summed E-state index contributed by atoms with van der Waals surface area (Å²) in [6.07, 6.45) is -6.97. The van der Waals surface area contributed by atoms with E-state index in [0.717, 1.165) is 0 Å². The van der Waals surface area contributed by atoms with Gasteiger partial charge >= 0.3 is 5.97 Å². The quantitative estimate of drug-likeness (QED) is 0.345. The number of hydrogen-bond donors (Lipinski definition) is 4. The Labute approximate surface area is 141 Å². The lowest BCUT2D eigenvalue weighted by Crippen LogP contribution is -2.61. The third-order valence-electron chi connectivity index (χ3n) is 3.52. The summed E-state index contributed by atoms with van der Waals surface area (Å²) < 4.78 is 15.6. The number of aliphatic carboxylic acids is 1. The number of benzene rings is 1. The van der Waals surface area contributed by atoms with E-state index in [2.05, 4.69) is 0 Å². The number of rotatable bonds is 7. The van der Waals surface area contributed by atoms with Crippen LogP contribution >= 0.6 is 0 Å². The van der Waals surface area contributed by atoms with Crippen molar-refractivity contribution in [3.8, 4) is 5.75 Å². The molecule has 1 aliphatic rings. The first-order valence-corrected chi connectivity index (χ1v) is 7.20. The number of aliphatic hydroxyl groups excluding tert-OH is 3. The molecule has 4 N–H and O–H groups in total. The van der Waals surface area contributed by atoms with Crippen molar-refractivity contribution in [3.05, 3.63) is 34.4 Å². The van der Waals surface area contributed by atoms with E-state index in [4.69, 9.17) is 19.3 Å². The van der Waals surface area contributed by atoms with Gasteiger partial charge in [0, 0.05) is 12.1 Å². The highest BCUT2D eigenvalue weighted by Gasteiger charge is 2.46. The molecule has 138 valence electrons. The van der Waals surface area contributed by atoms with E-state index in [0.29, 0.717) is 0 Å². The van der Waals surface area contributed by atoms with Crippen LogP contribution in [0.15, 0.2) is 24.3 Å². The smallest absolute Gasteiger partial charge is 0.329 e. The number of ether oxygens (including phenoxy) is 3. The molecule has 0 spiro atoms. The second-order valence-electron chi connectivity index (χ2n) is 5.24. The van der Waals surface area contributed by atoms with E-state index in [1.165, 1.54) is 24.3 Å². The molecule has 0 radical (unpaired) electrons.